The topological polar surface area (TPSA) is 120 Å². The van der Waals surface area contributed by atoms with Crippen molar-refractivity contribution < 1.29 is 38.4 Å². The van der Waals surface area contributed by atoms with Crippen LogP contribution in [-0.4, -0.2) is 58.2 Å². The molecule has 0 heterocycles. The summed E-state index contributed by atoms with van der Waals surface area (Å²) in [5.41, 5.74) is -1.46. The summed E-state index contributed by atoms with van der Waals surface area (Å²) in [5.74, 6) is -1.22. The molecule has 0 aliphatic heterocycles. The van der Waals surface area contributed by atoms with Gasteiger partial charge in [-0.3, -0.25) is 4.79 Å². The molecule has 214 valence electrons. The van der Waals surface area contributed by atoms with Crippen molar-refractivity contribution in [1.82, 2.24) is 5.32 Å². The number of carbonyl (C=O) groups is 3. The molecule has 38 heavy (non-hydrogen) atoms. The first kappa shape index (κ1) is 31.4. The van der Waals surface area contributed by atoms with E-state index in [2.05, 4.69) is 5.32 Å². The van der Waals surface area contributed by atoms with Crippen molar-refractivity contribution in [2.75, 3.05) is 0 Å². The van der Waals surface area contributed by atoms with E-state index in [4.69, 9.17) is 18.9 Å². The summed E-state index contributed by atoms with van der Waals surface area (Å²) in [4.78, 5) is 38.9. The Morgan fingerprint density at radius 1 is 0.842 bits per heavy atom. The zero-order valence-corrected chi connectivity index (χ0v) is 24.3. The number of nitrogens with one attached hydrogen (secondary N) is 1. The predicted octanol–water partition coefficient (Wildman–Crippen LogP) is 4.71. The fraction of sp³-hybridized carbons (Fsp3) is 0.690. The molecule has 1 saturated carbocycles. The largest absolute Gasteiger partial charge is 0.490 e. The third kappa shape index (κ3) is 11.7. The van der Waals surface area contributed by atoms with E-state index in [9.17, 15) is 19.5 Å². The fourth-order valence-electron chi connectivity index (χ4n) is 3.78. The second-order valence-corrected chi connectivity index (χ2v) is 12.9. The lowest BCUT2D eigenvalue weighted by molar-refractivity contribution is -0.162. The Labute approximate surface area is 226 Å². The molecular formula is C29H45NO8. The van der Waals surface area contributed by atoms with Gasteiger partial charge in [-0.15, -0.1) is 0 Å². The Bertz CT molecular complexity index is 947. The first-order chi connectivity index (χ1) is 17.3. The van der Waals surface area contributed by atoms with E-state index in [0.29, 0.717) is 18.6 Å². The Morgan fingerprint density at radius 3 is 1.82 bits per heavy atom. The van der Waals surface area contributed by atoms with Gasteiger partial charge in [-0.25, -0.2) is 9.59 Å². The Morgan fingerprint density at radius 2 is 1.34 bits per heavy atom. The van der Waals surface area contributed by atoms with Gasteiger partial charge in [-0.1, -0.05) is 12.1 Å². The summed E-state index contributed by atoms with van der Waals surface area (Å²) < 4.78 is 22.4. The zero-order valence-electron chi connectivity index (χ0n) is 24.3. The van der Waals surface area contributed by atoms with Crippen molar-refractivity contribution in [3.05, 3.63) is 29.8 Å². The van der Waals surface area contributed by atoms with E-state index >= 15 is 0 Å². The van der Waals surface area contributed by atoms with Crippen LogP contribution in [0.2, 0.25) is 0 Å². The molecule has 2 N–H and O–H groups in total. The summed E-state index contributed by atoms with van der Waals surface area (Å²) in [6.45, 7) is 15.7. The monoisotopic (exact) mass is 535 g/mol. The van der Waals surface area contributed by atoms with Crippen LogP contribution in [-0.2, 0) is 30.2 Å². The van der Waals surface area contributed by atoms with Crippen molar-refractivity contribution in [3.8, 4) is 5.75 Å². The number of aliphatic hydroxyl groups is 1. The van der Waals surface area contributed by atoms with Gasteiger partial charge in [0.15, 0.2) is 0 Å². The van der Waals surface area contributed by atoms with Gasteiger partial charge in [0.25, 0.3) is 0 Å². The average molecular weight is 536 g/mol. The van der Waals surface area contributed by atoms with Crippen LogP contribution in [0.1, 0.15) is 87.1 Å². The molecule has 0 aromatic heterocycles. The molecule has 1 fully saturated rings. The van der Waals surface area contributed by atoms with Crippen LogP contribution in [0.4, 0.5) is 4.79 Å². The van der Waals surface area contributed by atoms with Crippen LogP contribution in [0.15, 0.2) is 24.3 Å². The van der Waals surface area contributed by atoms with Crippen LogP contribution < -0.4 is 10.1 Å². The van der Waals surface area contributed by atoms with Gasteiger partial charge in [0.2, 0.25) is 0 Å². The second kappa shape index (κ2) is 12.4. The van der Waals surface area contributed by atoms with Gasteiger partial charge in [-0.2, -0.15) is 0 Å². The number of carbonyl (C=O) groups excluding carboxylic acids is 3. The maximum Gasteiger partial charge on any atom is 0.408 e. The van der Waals surface area contributed by atoms with Crippen LogP contribution in [0.25, 0.3) is 0 Å². The summed E-state index contributed by atoms with van der Waals surface area (Å²) >= 11 is 0. The standard InChI is InChI=1S/C29H45NO8/c1-27(2,3)36-24(32)19(14-18-10-12-21(13-11-18)35-22-16-20(31)17-22)15-23(25(33)37-28(4,5)6)30-26(34)38-29(7,8)9/h10-13,19-20,22-23,31H,14-17H2,1-9H3,(H,30,34)/t19-,20?,22?,23-/m0/s1. The fourth-order valence-corrected chi connectivity index (χ4v) is 3.78. The lowest BCUT2D eigenvalue weighted by Crippen LogP contribution is -2.48. The van der Waals surface area contributed by atoms with Gasteiger partial charge in [0, 0.05) is 12.8 Å². The van der Waals surface area contributed by atoms with Crippen LogP contribution in [0.5, 0.6) is 5.75 Å². The Kier molecular flexibility index (Phi) is 10.2. The second-order valence-electron chi connectivity index (χ2n) is 12.9. The summed E-state index contributed by atoms with van der Waals surface area (Å²) in [5, 5.41) is 12.1. The van der Waals surface area contributed by atoms with E-state index in [1.54, 1.807) is 62.3 Å². The molecule has 0 spiro atoms. The van der Waals surface area contributed by atoms with Gasteiger partial charge >= 0.3 is 18.0 Å². The minimum absolute atomic E-state index is 0.00104. The Hall–Kier alpha value is -2.81. The number of alkyl carbamates (subject to hydrolysis) is 1. The van der Waals surface area contributed by atoms with Crippen molar-refractivity contribution in [2.45, 2.75) is 123 Å². The summed E-state index contributed by atoms with van der Waals surface area (Å²) in [7, 11) is 0. The lowest BCUT2D eigenvalue weighted by Gasteiger charge is -2.31. The van der Waals surface area contributed by atoms with E-state index in [-0.39, 0.29) is 25.0 Å². The molecule has 0 bridgehead atoms. The maximum atomic E-state index is 13.2. The van der Waals surface area contributed by atoms with Crippen LogP contribution in [0.3, 0.4) is 0 Å². The minimum Gasteiger partial charge on any atom is -0.490 e. The average Bonchev–Trinajstić information content (AvgIpc) is 2.68. The van der Waals surface area contributed by atoms with Gasteiger partial charge < -0.3 is 29.4 Å². The molecule has 1 aromatic rings. The number of ether oxygens (including phenoxy) is 4. The third-order valence-corrected chi connectivity index (χ3v) is 5.42. The predicted molar refractivity (Wildman–Crippen MR) is 143 cm³/mol. The number of esters is 2. The number of rotatable bonds is 9. The van der Waals surface area contributed by atoms with E-state index in [1.807, 2.05) is 24.3 Å². The first-order valence-electron chi connectivity index (χ1n) is 13.2. The van der Waals surface area contributed by atoms with Gasteiger partial charge in [0.1, 0.15) is 34.7 Å². The molecule has 0 unspecified atom stereocenters. The molecule has 2 rings (SSSR count). The number of hydrogen-bond donors (Lipinski definition) is 2. The van der Waals surface area contributed by atoms with Crippen molar-refractivity contribution >= 4 is 18.0 Å². The molecule has 2 atom stereocenters. The summed E-state index contributed by atoms with van der Waals surface area (Å²) in [6.07, 6.45) is 0.366. The molecule has 1 aromatic carbocycles. The van der Waals surface area contributed by atoms with Crippen molar-refractivity contribution in [1.29, 1.82) is 0 Å². The third-order valence-electron chi connectivity index (χ3n) is 5.42. The van der Waals surface area contributed by atoms with Crippen molar-refractivity contribution in [2.24, 2.45) is 5.92 Å². The molecule has 1 aliphatic rings. The Balaban J connectivity index is 2.24. The quantitative estimate of drug-likeness (QED) is 0.344. The highest BCUT2D eigenvalue weighted by molar-refractivity contribution is 5.83. The van der Waals surface area contributed by atoms with Crippen LogP contribution >= 0.6 is 0 Å². The van der Waals surface area contributed by atoms with Crippen molar-refractivity contribution in [3.63, 3.8) is 0 Å². The molecule has 0 radical (unpaired) electrons. The van der Waals surface area contributed by atoms with Gasteiger partial charge in [-0.05, 0) is 92.9 Å². The van der Waals surface area contributed by atoms with Crippen LogP contribution in [0, 0.1) is 5.92 Å². The van der Waals surface area contributed by atoms with Gasteiger partial charge in [0.05, 0.1) is 12.0 Å². The van der Waals surface area contributed by atoms with E-state index in [1.165, 1.54) is 0 Å². The highest BCUT2D eigenvalue weighted by Crippen LogP contribution is 2.27. The molecule has 9 heteroatoms. The molecule has 9 nitrogen and oxygen atoms in total. The number of amides is 1. The maximum absolute atomic E-state index is 13.2. The number of aliphatic hydroxyl groups excluding tert-OH is 1. The zero-order chi connectivity index (χ0) is 28.9. The highest BCUT2D eigenvalue weighted by atomic mass is 16.6. The summed E-state index contributed by atoms with van der Waals surface area (Å²) in [6, 6.07) is 6.21. The highest BCUT2D eigenvalue weighted by Gasteiger charge is 2.35. The number of hydrogen-bond acceptors (Lipinski definition) is 8. The first-order valence-corrected chi connectivity index (χ1v) is 13.2. The SMILES string of the molecule is CC(C)(C)OC(=O)N[C@@H](C[C@H](Cc1ccc(OC2CC(O)C2)cc1)C(=O)OC(C)(C)C)C(=O)OC(C)(C)C. The minimum atomic E-state index is -1.13. The molecular weight excluding hydrogens is 490 g/mol. The van der Waals surface area contributed by atoms with E-state index in [0.717, 1.165) is 5.56 Å². The molecule has 1 aliphatic carbocycles. The normalized spacial score (nSPS) is 19.4. The molecule has 1 amide bonds. The molecule has 0 saturated heterocycles. The van der Waals surface area contributed by atoms with E-state index < -0.39 is 46.8 Å². The smallest absolute Gasteiger partial charge is 0.408 e. The number of benzene rings is 1. The lowest BCUT2D eigenvalue weighted by atomic mass is 9.91.